The third kappa shape index (κ3) is 6.96. The summed E-state index contributed by atoms with van der Waals surface area (Å²) in [6.45, 7) is 9.06. The van der Waals surface area contributed by atoms with Crippen LogP contribution in [0.25, 0.3) is 0 Å². The van der Waals surface area contributed by atoms with E-state index in [0.29, 0.717) is 6.42 Å². The van der Waals surface area contributed by atoms with E-state index in [-0.39, 0.29) is 19.3 Å². The quantitative estimate of drug-likeness (QED) is 0.596. The molecule has 2 amide bonds. The monoisotopic (exact) mass is 406 g/mol. The average Bonchev–Trinajstić information content (AvgIpc) is 3.02. The van der Waals surface area contributed by atoms with E-state index in [1.807, 2.05) is 30.3 Å². The van der Waals surface area contributed by atoms with Gasteiger partial charge in [-0.1, -0.05) is 30.3 Å². The van der Waals surface area contributed by atoms with Crippen molar-refractivity contribution in [2.45, 2.75) is 71.4 Å². The van der Waals surface area contributed by atoms with Crippen molar-refractivity contribution in [1.82, 2.24) is 10.2 Å². The topological polar surface area (TPSA) is 94.2 Å². The fourth-order valence-electron chi connectivity index (χ4n) is 2.98. The fraction of sp³-hybridized carbons (Fsp3) is 0.571. The number of nitrogens with zero attached hydrogens (tertiary/aromatic N) is 1. The zero-order valence-electron chi connectivity index (χ0n) is 17.6. The molecule has 1 aromatic rings. The van der Waals surface area contributed by atoms with Gasteiger partial charge >= 0.3 is 18.2 Å². The summed E-state index contributed by atoms with van der Waals surface area (Å²) in [5.74, 6) is -0.586. The van der Waals surface area contributed by atoms with Crippen molar-refractivity contribution in [2.24, 2.45) is 0 Å². The molecule has 0 saturated carbocycles. The van der Waals surface area contributed by atoms with Gasteiger partial charge in [0.2, 0.25) is 0 Å². The second kappa shape index (κ2) is 9.62. The molecule has 0 aliphatic carbocycles. The van der Waals surface area contributed by atoms with E-state index >= 15 is 0 Å². The van der Waals surface area contributed by atoms with Gasteiger partial charge < -0.3 is 19.5 Å². The van der Waals surface area contributed by atoms with Crippen molar-refractivity contribution in [2.75, 3.05) is 6.54 Å². The largest absolute Gasteiger partial charge is 0.461 e. The lowest BCUT2D eigenvalue weighted by Crippen LogP contribution is -2.53. The number of benzene rings is 1. The van der Waals surface area contributed by atoms with Crippen LogP contribution in [0.15, 0.2) is 30.3 Å². The van der Waals surface area contributed by atoms with Gasteiger partial charge in [0.15, 0.2) is 6.04 Å². The molecule has 1 N–H and O–H groups in total. The molecule has 1 heterocycles. The van der Waals surface area contributed by atoms with E-state index in [9.17, 15) is 14.4 Å². The van der Waals surface area contributed by atoms with Crippen molar-refractivity contribution in [3.8, 4) is 0 Å². The van der Waals surface area contributed by atoms with Crippen LogP contribution in [-0.4, -0.2) is 53.4 Å². The van der Waals surface area contributed by atoms with Crippen LogP contribution in [-0.2, 0) is 25.6 Å². The van der Waals surface area contributed by atoms with Crippen LogP contribution >= 0.6 is 0 Å². The van der Waals surface area contributed by atoms with E-state index in [4.69, 9.17) is 14.2 Å². The molecule has 2 atom stereocenters. The third-order valence-corrected chi connectivity index (χ3v) is 4.14. The van der Waals surface area contributed by atoms with E-state index in [2.05, 4.69) is 5.32 Å². The molecular weight excluding hydrogens is 376 g/mol. The molecule has 8 nitrogen and oxygen atoms in total. The Labute approximate surface area is 171 Å². The SMILES string of the molecule is CC(C)OC(=O)C1C(NC(=O)OCc2ccccc2)CCN1C(=O)OC(C)(C)C. The molecular formula is C21H30N2O6. The maximum absolute atomic E-state index is 12.6. The third-order valence-electron chi connectivity index (χ3n) is 4.14. The van der Waals surface area contributed by atoms with Gasteiger partial charge in [0.05, 0.1) is 12.1 Å². The van der Waals surface area contributed by atoms with E-state index < -0.39 is 35.8 Å². The second-order valence-electron chi connectivity index (χ2n) is 8.21. The molecule has 1 saturated heterocycles. The molecule has 1 aliphatic heterocycles. The molecule has 2 unspecified atom stereocenters. The Morgan fingerprint density at radius 1 is 1.17 bits per heavy atom. The molecule has 0 radical (unpaired) electrons. The number of carbonyl (C=O) groups is 3. The van der Waals surface area contributed by atoms with Gasteiger partial charge in [0.25, 0.3) is 0 Å². The number of hydrogen-bond donors (Lipinski definition) is 1. The summed E-state index contributed by atoms with van der Waals surface area (Å²) in [4.78, 5) is 38.8. The van der Waals surface area contributed by atoms with Crippen LogP contribution in [0.5, 0.6) is 0 Å². The van der Waals surface area contributed by atoms with Gasteiger partial charge in [-0.05, 0) is 46.6 Å². The number of hydrogen-bond acceptors (Lipinski definition) is 6. The molecule has 8 heteroatoms. The number of ether oxygens (including phenoxy) is 3. The molecule has 1 aliphatic rings. The van der Waals surface area contributed by atoms with Crippen molar-refractivity contribution in [3.05, 3.63) is 35.9 Å². The van der Waals surface area contributed by atoms with E-state index in [1.54, 1.807) is 34.6 Å². The first-order valence-corrected chi connectivity index (χ1v) is 9.74. The van der Waals surface area contributed by atoms with E-state index in [1.165, 1.54) is 4.90 Å². The van der Waals surface area contributed by atoms with Crippen molar-refractivity contribution in [3.63, 3.8) is 0 Å². The Morgan fingerprint density at radius 2 is 1.83 bits per heavy atom. The highest BCUT2D eigenvalue weighted by Gasteiger charge is 2.45. The zero-order chi connectivity index (χ0) is 21.6. The van der Waals surface area contributed by atoms with Gasteiger partial charge in [-0.3, -0.25) is 4.90 Å². The maximum Gasteiger partial charge on any atom is 0.411 e. The van der Waals surface area contributed by atoms with Crippen LogP contribution in [0, 0.1) is 0 Å². The zero-order valence-corrected chi connectivity index (χ0v) is 17.6. The lowest BCUT2D eigenvalue weighted by molar-refractivity contribution is -0.153. The van der Waals surface area contributed by atoms with Gasteiger partial charge in [0, 0.05) is 6.54 Å². The Hall–Kier alpha value is -2.77. The second-order valence-corrected chi connectivity index (χ2v) is 8.21. The Morgan fingerprint density at radius 3 is 2.41 bits per heavy atom. The van der Waals surface area contributed by atoms with E-state index in [0.717, 1.165) is 5.56 Å². The van der Waals surface area contributed by atoms with Crippen LogP contribution < -0.4 is 5.32 Å². The number of esters is 1. The molecule has 1 aromatic carbocycles. The molecule has 1 fully saturated rings. The summed E-state index contributed by atoms with van der Waals surface area (Å²) < 4.78 is 15.9. The average molecular weight is 406 g/mol. The normalized spacial score (nSPS) is 19.0. The molecule has 29 heavy (non-hydrogen) atoms. The Bertz CT molecular complexity index is 714. The summed E-state index contributed by atoms with van der Waals surface area (Å²) in [7, 11) is 0. The van der Waals surface area contributed by atoms with Crippen LogP contribution in [0.3, 0.4) is 0 Å². The number of nitrogens with one attached hydrogen (secondary N) is 1. The van der Waals surface area contributed by atoms with Gasteiger partial charge in [-0.2, -0.15) is 0 Å². The summed E-state index contributed by atoms with van der Waals surface area (Å²) in [6.07, 6.45) is -1.25. The minimum atomic E-state index is -0.975. The van der Waals surface area contributed by atoms with Crippen LogP contribution in [0.2, 0.25) is 0 Å². The smallest absolute Gasteiger partial charge is 0.411 e. The minimum Gasteiger partial charge on any atom is -0.461 e. The van der Waals surface area contributed by atoms with Crippen LogP contribution in [0.1, 0.15) is 46.6 Å². The highest BCUT2D eigenvalue weighted by atomic mass is 16.6. The van der Waals surface area contributed by atoms with Crippen LogP contribution in [0.4, 0.5) is 9.59 Å². The summed E-state index contributed by atoms with van der Waals surface area (Å²) in [6, 6.07) is 7.66. The number of likely N-dealkylation sites (tertiary alicyclic amines) is 1. The first-order chi connectivity index (χ1) is 13.6. The van der Waals surface area contributed by atoms with Crippen molar-refractivity contribution in [1.29, 1.82) is 0 Å². The number of rotatable bonds is 5. The minimum absolute atomic E-state index is 0.107. The van der Waals surface area contributed by atoms with Gasteiger partial charge in [-0.25, -0.2) is 14.4 Å². The highest BCUT2D eigenvalue weighted by molar-refractivity contribution is 5.84. The summed E-state index contributed by atoms with van der Waals surface area (Å²) in [5, 5.41) is 2.69. The molecule has 0 spiro atoms. The summed E-state index contributed by atoms with van der Waals surface area (Å²) in [5.41, 5.74) is 0.143. The standard InChI is InChI=1S/C21H30N2O6/c1-14(2)28-18(24)17-16(11-12-23(17)20(26)29-21(3,4)5)22-19(25)27-13-15-9-7-6-8-10-15/h6-10,14,16-17H,11-13H2,1-5H3,(H,22,25). The lowest BCUT2D eigenvalue weighted by Gasteiger charge is -2.29. The maximum atomic E-state index is 12.6. The van der Waals surface area contributed by atoms with Gasteiger partial charge in [0.1, 0.15) is 12.2 Å². The molecule has 160 valence electrons. The molecule has 0 bridgehead atoms. The lowest BCUT2D eigenvalue weighted by atomic mass is 10.1. The predicted molar refractivity (Wildman–Crippen MR) is 106 cm³/mol. The van der Waals surface area contributed by atoms with Gasteiger partial charge in [-0.15, -0.1) is 0 Å². The van der Waals surface area contributed by atoms with Crippen molar-refractivity contribution < 1.29 is 28.6 Å². The fourth-order valence-corrected chi connectivity index (χ4v) is 2.98. The Balaban J connectivity index is 2.05. The number of amides is 2. The Kier molecular flexibility index (Phi) is 7.47. The van der Waals surface area contributed by atoms with Crippen molar-refractivity contribution >= 4 is 18.2 Å². The molecule has 2 rings (SSSR count). The predicted octanol–water partition coefficient (Wildman–Crippen LogP) is 3.24. The first kappa shape index (κ1) is 22.5. The number of alkyl carbamates (subject to hydrolysis) is 1. The first-order valence-electron chi connectivity index (χ1n) is 9.74. The summed E-state index contributed by atoms with van der Waals surface area (Å²) >= 11 is 0. The number of carbonyl (C=O) groups excluding carboxylic acids is 3. The molecule has 0 aromatic heterocycles. The highest BCUT2D eigenvalue weighted by Crippen LogP contribution is 2.23.